The van der Waals surface area contributed by atoms with Gasteiger partial charge in [-0.15, -0.1) is 0 Å². The van der Waals surface area contributed by atoms with E-state index in [1.807, 2.05) is 42.5 Å². The van der Waals surface area contributed by atoms with Gasteiger partial charge < -0.3 is 16.0 Å². The van der Waals surface area contributed by atoms with Gasteiger partial charge in [0.1, 0.15) is 11.8 Å². The van der Waals surface area contributed by atoms with E-state index in [1.165, 1.54) is 6.33 Å². The SMILES string of the molecule is CC(CNc1ncnc2nc[nH]c12)C(=Nc1cccc(I)c1N)c1ccccc1Cl. The van der Waals surface area contributed by atoms with Crippen molar-refractivity contribution in [2.75, 3.05) is 17.6 Å². The van der Waals surface area contributed by atoms with E-state index in [-0.39, 0.29) is 5.92 Å². The molecule has 0 aliphatic carbocycles. The Labute approximate surface area is 192 Å². The zero-order valence-corrected chi connectivity index (χ0v) is 19.0. The number of imidazole rings is 1. The summed E-state index contributed by atoms with van der Waals surface area (Å²) in [5.74, 6) is 0.701. The Bertz CT molecular complexity index is 1220. The predicted octanol–water partition coefficient (Wildman–Crippen LogP) is 5.06. The van der Waals surface area contributed by atoms with Crippen molar-refractivity contribution in [3.63, 3.8) is 0 Å². The molecule has 0 amide bonds. The fourth-order valence-electron chi connectivity index (χ4n) is 3.10. The number of nitrogens with one attached hydrogen (secondary N) is 2. The maximum atomic E-state index is 6.51. The van der Waals surface area contributed by atoms with Gasteiger partial charge in [0.25, 0.3) is 0 Å². The number of rotatable bonds is 6. The molecule has 0 fully saturated rings. The second kappa shape index (κ2) is 8.97. The molecule has 0 radical (unpaired) electrons. The first-order valence-electron chi connectivity index (χ1n) is 9.30. The number of aliphatic imine (C=N–C) groups is 1. The maximum absolute atomic E-state index is 6.51. The summed E-state index contributed by atoms with van der Waals surface area (Å²) in [7, 11) is 0. The fourth-order valence-corrected chi connectivity index (χ4v) is 3.82. The quantitative estimate of drug-likeness (QED) is 0.183. The average Bonchev–Trinajstić information content (AvgIpc) is 3.23. The number of aromatic nitrogens is 4. The lowest BCUT2D eigenvalue weighted by Gasteiger charge is -2.18. The number of hydrogen-bond acceptors (Lipinski definition) is 6. The van der Waals surface area contributed by atoms with Crippen molar-refractivity contribution in [3.8, 4) is 0 Å². The molecule has 9 heteroatoms. The lowest BCUT2D eigenvalue weighted by Crippen LogP contribution is -2.22. The van der Waals surface area contributed by atoms with E-state index in [9.17, 15) is 0 Å². The Morgan fingerprint density at radius 2 is 2.03 bits per heavy atom. The van der Waals surface area contributed by atoms with Crippen molar-refractivity contribution in [2.24, 2.45) is 10.9 Å². The van der Waals surface area contributed by atoms with Crippen molar-refractivity contribution in [1.29, 1.82) is 0 Å². The third-order valence-electron chi connectivity index (χ3n) is 4.69. The van der Waals surface area contributed by atoms with Crippen LogP contribution in [0.1, 0.15) is 12.5 Å². The van der Waals surface area contributed by atoms with Gasteiger partial charge in [-0.1, -0.05) is 42.8 Å². The Balaban J connectivity index is 1.68. The minimum absolute atomic E-state index is 0.00936. The first-order valence-corrected chi connectivity index (χ1v) is 10.8. The van der Waals surface area contributed by atoms with Crippen LogP contribution < -0.4 is 11.1 Å². The van der Waals surface area contributed by atoms with Gasteiger partial charge >= 0.3 is 0 Å². The van der Waals surface area contributed by atoms with Gasteiger partial charge in [-0.3, -0.25) is 4.99 Å². The second-order valence-corrected chi connectivity index (χ2v) is 8.32. The number of H-pyrrole nitrogens is 1. The molecule has 0 aliphatic heterocycles. The van der Waals surface area contributed by atoms with E-state index >= 15 is 0 Å². The van der Waals surface area contributed by atoms with Crippen LogP contribution in [-0.4, -0.2) is 32.2 Å². The van der Waals surface area contributed by atoms with Gasteiger partial charge in [0, 0.05) is 26.6 Å². The number of benzene rings is 2. The van der Waals surface area contributed by atoms with Crippen LogP contribution in [0.3, 0.4) is 0 Å². The molecule has 4 N–H and O–H groups in total. The molecule has 0 spiro atoms. The third kappa shape index (κ3) is 4.24. The van der Waals surface area contributed by atoms with Crippen LogP contribution in [0.2, 0.25) is 5.02 Å². The first-order chi connectivity index (χ1) is 14.5. The van der Waals surface area contributed by atoms with Crippen LogP contribution in [0.25, 0.3) is 11.2 Å². The van der Waals surface area contributed by atoms with Crippen LogP contribution in [-0.2, 0) is 0 Å². The van der Waals surface area contributed by atoms with E-state index in [2.05, 4.69) is 54.8 Å². The topological polar surface area (TPSA) is 105 Å². The molecule has 1 unspecified atom stereocenters. The number of halogens is 2. The highest BCUT2D eigenvalue weighted by atomic mass is 127. The molecule has 2 aromatic heterocycles. The standard InChI is InChI=1S/C21H19ClIN7/c1-12(9-25-20-19-21(27-10-26-19)29-11-28-20)18(13-5-2-3-6-14(13)22)30-16-8-4-7-15(23)17(16)24/h2-8,10-12H,9,24H2,1H3,(H2,25,26,27,28,29). The monoisotopic (exact) mass is 531 g/mol. The predicted molar refractivity (Wildman–Crippen MR) is 131 cm³/mol. The highest BCUT2D eigenvalue weighted by Gasteiger charge is 2.18. The molecule has 0 aliphatic rings. The summed E-state index contributed by atoms with van der Waals surface area (Å²) in [4.78, 5) is 20.6. The number of nitrogen functional groups attached to an aromatic ring is 1. The van der Waals surface area contributed by atoms with Gasteiger partial charge in [0.05, 0.1) is 23.4 Å². The number of hydrogen-bond donors (Lipinski definition) is 3. The second-order valence-electron chi connectivity index (χ2n) is 6.75. The van der Waals surface area contributed by atoms with Crippen LogP contribution in [0.15, 0.2) is 60.1 Å². The van der Waals surface area contributed by atoms with Crippen LogP contribution in [0.5, 0.6) is 0 Å². The Morgan fingerprint density at radius 3 is 2.87 bits per heavy atom. The highest BCUT2D eigenvalue weighted by molar-refractivity contribution is 14.1. The van der Waals surface area contributed by atoms with Gasteiger partial charge in [0.2, 0.25) is 0 Å². The lowest BCUT2D eigenvalue weighted by atomic mass is 9.97. The van der Waals surface area contributed by atoms with Gasteiger partial charge in [0.15, 0.2) is 11.5 Å². The van der Waals surface area contributed by atoms with E-state index in [1.54, 1.807) is 6.33 Å². The number of nitrogens with zero attached hydrogens (tertiary/aromatic N) is 4. The fraction of sp³-hybridized carbons (Fsp3) is 0.143. The molecule has 2 heterocycles. The summed E-state index contributed by atoms with van der Waals surface area (Å²) >= 11 is 8.72. The van der Waals surface area contributed by atoms with E-state index in [0.717, 1.165) is 26.0 Å². The number of para-hydroxylation sites is 1. The number of aromatic amines is 1. The largest absolute Gasteiger partial charge is 0.396 e. The molecule has 1 atom stereocenters. The Morgan fingerprint density at radius 1 is 1.20 bits per heavy atom. The molecular formula is C21H19ClIN7. The van der Waals surface area contributed by atoms with Crippen molar-refractivity contribution < 1.29 is 0 Å². The summed E-state index contributed by atoms with van der Waals surface area (Å²) < 4.78 is 0.959. The smallest absolute Gasteiger partial charge is 0.182 e. The molecule has 7 nitrogen and oxygen atoms in total. The van der Waals surface area contributed by atoms with Crippen LogP contribution >= 0.6 is 34.2 Å². The van der Waals surface area contributed by atoms with E-state index in [4.69, 9.17) is 22.3 Å². The molecule has 0 saturated heterocycles. The van der Waals surface area contributed by atoms with Gasteiger partial charge in [-0.2, -0.15) is 0 Å². The van der Waals surface area contributed by atoms with Crippen molar-refractivity contribution in [1.82, 2.24) is 19.9 Å². The van der Waals surface area contributed by atoms with Crippen LogP contribution in [0, 0.1) is 9.49 Å². The molecule has 30 heavy (non-hydrogen) atoms. The van der Waals surface area contributed by atoms with Gasteiger partial charge in [-0.05, 0) is 40.8 Å². The average molecular weight is 532 g/mol. The molecule has 4 rings (SSSR count). The van der Waals surface area contributed by atoms with Crippen molar-refractivity contribution in [3.05, 3.63) is 69.3 Å². The van der Waals surface area contributed by atoms with Crippen LogP contribution in [0.4, 0.5) is 17.2 Å². The van der Waals surface area contributed by atoms with Crippen molar-refractivity contribution >= 4 is 68.3 Å². The minimum Gasteiger partial charge on any atom is -0.396 e. The molecule has 4 aromatic rings. The third-order valence-corrected chi connectivity index (χ3v) is 5.96. The summed E-state index contributed by atoms with van der Waals surface area (Å²) in [6, 6.07) is 13.5. The number of nitrogens with two attached hydrogens (primary N) is 1. The molecular weight excluding hydrogens is 513 g/mol. The normalized spacial score (nSPS) is 12.8. The van der Waals surface area contributed by atoms with E-state index < -0.39 is 0 Å². The minimum atomic E-state index is 0.00936. The lowest BCUT2D eigenvalue weighted by molar-refractivity contribution is 0.813. The molecule has 152 valence electrons. The zero-order valence-electron chi connectivity index (χ0n) is 16.1. The molecule has 0 saturated carbocycles. The number of fused-ring (bicyclic) bond motifs is 1. The Kier molecular flexibility index (Phi) is 6.14. The Hall–Kier alpha value is -2.72. The maximum Gasteiger partial charge on any atom is 0.182 e. The number of anilines is 2. The summed E-state index contributed by atoms with van der Waals surface area (Å²) in [5, 5.41) is 4.02. The summed E-state index contributed by atoms with van der Waals surface area (Å²) in [6.45, 7) is 2.67. The van der Waals surface area contributed by atoms with Crippen molar-refractivity contribution in [2.45, 2.75) is 6.92 Å². The molecule has 0 bridgehead atoms. The summed E-state index contributed by atoms with van der Waals surface area (Å²) in [5.41, 5.74) is 10.7. The van der Waals surface area contributed by atoms with Gasteiger partial charge in [-0.25, -0.2) is 15.0 Å². The zero-order chi connectivity index (χ0) is 21.1. The highest BCUT2D eigenvalue weighted by Crippen LogP contribution is 2.30. The molecule has 2 aromatic carbocycles. The van der Waals surface area contributed by atoms with E-state index in [0.29, 0.717) is 28.7 Å². The first kappa shape index (κ1) is 20.5. The summed E-state index contributed by atoms with van der Waals surface area (Å²) in [6.07, 6.45) is 3.09.